The number of aryl methyl sites for hydroxylation is 1. The molecule has 0 atom stereocenters. The van der Waals surface area contributed by atoms with Crippen LogP contribution in [0, 0.1) is 6.92 Å². The number of carboxylic acids is 1. The Labute approximate surface area is 95.9 Å². The van der Waals surface area contributed by atoms with E-state index in [-0.39, 0.29) is 22.2 Å². The lowest BCUT2D eigenvalue weighted by atomic mass is 10.2. The van der Waals surface area contributed by atoms with Gasteiger partial charge in [-0.15, -0.1) is 5.10 Å². The van der Waals surface area contributed by atoms with Crippen LogP contribution in [0.4, 0.5) is 0 Å². The number of fused-ring (bicyclic) bond motifs is 1. The van der Waals surface area contributed by atoms with Gasteiger partial charge in [-0.1, -0.05) is 0 Å². The Morgan fingerprint density at radius 3 is 2.59 bits per heavy atom. The average Bonchev–Trinajstić information content (AvgIpc) is 2.58. The molecule has 0 aliphatic carbocycles. The van der Waals surface area contributed by atoms with Gasteiger partial charge in [-0.2, -0.15) is 4.98 Å². The van der Waals surface area contributed by atoms with Crippen LogP contribution in [0.2, 0.25) is 0 Å². The Morgan fingerprint density at radius 2 is 2.06 bits per heavy atom. The van der Waals surface area contributed by atoms with E-state index in [1.165, 1.54) is 13.1 Å². The second-order valence-corrected chi connectivity index (χ2v) is 5.37. The number of hydrogen-bond acceptors (Lipinski definition) is 6. The number of hydrogen-bond donors (Lipinski definition) is 1. The highest BCUT2D eigenvalue weighted by atomic mass is 32.2. The van der Waals surface area contributed by atoms with Gasteiger partial charge in [-0.25, -0.2) is 22.7 Å². The Bertz CT molecular complexity index is 718. The summed E-state index contributed by atoms with van der Waals surface area (Å²) in [6.45, 7) is 1.50. The maximum absolute atomic E-state index is 11.2. The fourth-order valence-corrected chi connectivity index (χ4v) is 1.74. The standard InChI is InChI=1S/C8H8N4O4S/c1-4-5(6(13)14)3-12-7(9-4)10-8(11-12)17(2,15)16/h3H,1-2H3,(H,13,14). The summed E-state index contributed by atoms with van der Waals surface area (Å²) in [5, 5.41) is 12.1. The van der Waals surface area contributed by atoms with Gasteiger partial charge >= 0.3 is 5.97 Å². The van der Waals surface area contributed by atoms with E-state index in [4.69, 9.17) is 5.11 Å². The monoisotopic (exact) mass is 256 g/mol. The molecule has 0 saturated heterocycles. The summed E-state index contributed by atoms with van der Waals surface area (Å²) in [6.07, 6.45) is 2.15. The molecule has 0 fully saturated rings. The zero-order valence-electron chi connectivity index (χ0n) is 8.95. The number of sulfone groups is 1. The molecular formula is C8H8N4O4S. The molecule has 90 valence electrons. The molecule has 17 heavy (non-hydrogen) atoms. The minimum atomic E-state index is -3.54. The van der Waals surface area contributed by atoms with Crippen LogP contribution in [-0.4, -0.2) is 45.3 Å². The topological polar surface area (TPSA) is 115 Å². The van der Waals surface area contributed by atoms with E-state index in [0.29, 0.717) is 0 Å². The van der Waals surface area contributed by atoms with E-state index in [0.717, 1.165) is 10.8 Å². The second kappa shape index (κ2) is 3.48. The average molecular weight is 256 g/mol. The summed E-state index contributed by atoms with van der Waals surface area (Å²) in [5.74, 6) is -1.11. The molecule has 0 bridgehead atoms. The maximum Gasteiger partial charge on any atom is 0.339 e. The minimum absolute atomic E-state index is 0.0490. The normalized spacial score (nSPS) is 11.9. The van der Waals surface area contributed by atoms with E-state index in [2.05, 4.69) is 15.1 Å². The van der Waals surface area contributed by atoms with Crippen LogP contribution in [-0.2, 0) is 9.84 Å². The first-order chi connectivity index (χ1) is 7.79. The molecule has 8 nitrogen and oxygen atoms in total. The highest BCUT2D eigenvalue weighted by Gasteiger charge is 2.17. The lowest BCUT2D eigenvalue weighted by Gasteiger charge is -1.98. The van der Waals surface area contributed by atoms with Crippen LogP contribution < -0.4 is 0 Å². The zero-order valence-corrected chi connectivity index (χ0v) is 9.76. The maximum atomic E-state index is 11.2. The summed E-state index contributed by atoms with van der Waals surface area (Å²) in [5.41, 5.74) is 0.194. The van der Waals surface area contributed by atoms with Crippen molar-refractivity contribution in [1.82, 2.24) is 19.6 Å². The molecule has 2 heterocycles. The number of aromatic nitrogens is 4. The third-order valence-electron chi connectivity index (χ3n) is 2.06. The summed E-state index contributed by atoms with van der Waals surface area (Å²) in [7, 11) is -3.54. The number of rotatable bonds is 2. The van der Waals surface area contributed by atoms with E-state index in [9.17, 15) is 13.2 Å². The predicted octanol–water partition coefficient (Wildman–Crippen LogP) is -0.466. The molecule has 0 saturated carbocycles. The van der Waals surface area contributed by atoms with Crippen molar-refractivity contribution in [3.05, 3.63) is 17.5 Å². The van der Waals surface area contributed by atoms with Crippen LogP contribution in [0.15, 0.2) is 11.4 Å². The van der Waals surface area contributed by atoms with Crippen molar-refractivity contribution in [2.75, 3.05) is 6.26 Å². The Hall–Kier alpha value is -2.03. The van der Waals surface area contributed by atoms with Crippen LogP contribution in [0.5, 0.6) is 0 Å². The highest BCUT2D eigenvalue weighted by Crippen LogP contribution is 2.09. The molecule has 9 heteroatoms. The quantitative estimate of drug-likeness (QED) is 0.772. The van der Waals surface area contributed by atoms with Gasteiger partial charge in [0, 0.05) is 12.5 Å². The Morgan fingerprint density at radius 1 is 1.41 bits per heavy atom. The summed E-state index contributed by atoms with van der Waals surface area (Å²) < 4.78 is 23.5. The van der Waals surface area contributed by atoms with Crippen LogP contribution in [0.3, 0.4) is 0 Å². The first-order valence-corrected chi connectivity index (χ1v) is 6.35. The van der Waals surface area contributed by atoms with Crippen molar-refractivity contribution in [2.24, 2.45) is 0 Å². The molecule has 0 aliphatic heterocycles. The molecule has 0 unspecified atom stereocenters. The molecule has 0 radical (unpaired) electrons. The van der Waals surface area contributed by atoms with E-state index in [1.807, 2.05) is 0 Å². The van der Waals surface area contributed by atoms with E-state index in [1.54, 1.807) is 0 Å². The van der Waals surface area contributed by atoms with Gasteiger partial charge in [0.25, 0.3) is 10.9 Å². The number of carbonyl (C=O) groups is 1. The van der Waals surface area contributed by atoms with Crippen molar-refractivity contribution in [3.63, 3.8) is 0 Å². The lowest BCUT2D eigenvalue weighted by Crippen LogP contribution is -2.05. The van der Waals surface area contributed by atoms with Crippen molar-refractivity contribution in [3.8, 4) is 0 Å². The number of carboxylic acid groups (broad SMARTS) is 1. The minimum Gasteiger partial charge on any atom is -0.478 e. The largest absolute Gasteiger partial charge is 0.478 e. The van der Waals surface area contributed by atoms with Gasteiger partial charge < -0.3 is 5.11 Å². The highest BCUT2D eigenvalue weighted by molar-refractivity contribution is 7.90. The van der Waals surface area contributed by atoms with Crippen molar-refractivity contribution >= 4 is 21.6 Å². The molecule has 1 N–H and O–H groups in total. The first-order valence-electron chi connectivity index (χ1n) is 4.46. The van der Waals surface area contributed by atoms with Gasteiger partial charge in [0.2, 0.25) is 9.84 Å². The predicted molar refractivity (Wildman–Crippen MR) is 55.6 cm³/mol. The van der Waals surface area contributed by atoms with Gasteiger partial charge in [0.05, 0.1) is 11.3 Å². The smallest absolute Gasteiger partial charge is 0.339 e. The zero-order chi connectivity index (χ0) is 12.8. The van der Waals surface area contributed by atoms with Gasteiger partial charge in [0.15, 0.2) is 0 Å². The van der Waals surface area contributed by atoms with E-state index < -0.39 is 15.8 Å². The molecule has 0 amide bonds. The van der Waals surface area contributed by atoms with Gasteiger partial charge in [0.1, 0.15) is 0 Å². The summed E-state index contributed by atoms with van der Waals surface area (Å²) in [6, 6.07) is 0. The Balaban J connectivity index is 2.75. The third kappa shape index (κ3) is 1.96. The van der Waals surface area contributed by atoms with Crippen molar-refractivity contribution < 1.29 is 18.3 Å². The Kier molecular flexibility index (Phi) is 2.35. The third-order valence-corrected chi connectivity index (χ3v) is 2.90. The van der Waals surface area contributed by atoms with Gasteiger partial charge in [-0.05, 0) is 6.92 Å². The molecule has 0 aromatic carbocycles. The van der Waals surface area contributed by atoms with Crippen molar-refractivity contribution in [1.29, 1.82) is 0 Å². The van der Waals surface area contributed by atoms with Gasteiger partial charge in [-0.3, -0.25) is 0 Å². The molecule has 2 aromatic heterocycles. The first kappa shape index (κ1) is 11.5. The van der Waals surface area contributed by atoms with Crippen LogP contribution >= 0.6 is 0 Å². The molecule has 0 spiro atoms. The molecular weight excluding hydrogens is 248 g/mol. The summed E-state index contributed by atoms with van der Waals surface area (Å²) in [4.78, 5) is 18.4. The second-order valence-electron chi connectivity index (χ2n) is 3.46. The SMILES string of the molecule is Cc1nc2nc(S(C)(=O)=O)nn2cc1C(=O)O. The molecule has 0 aliphatic rings. The fraction of sp³-hybridized carbons (Fsp3) is 0.250. The van der Waals surface area contributed by atoms with E-state index >= 15 is 0 Å². The lowest BCUT2D eigenvalue weighted by molar-refractivity contribution is 0.0695. The number of nitrogens with zero attached hydrogens (tertiary/aromatic N) is 4. The van der Waals surface area contributed by atoms with Crippen LogP contribution in [0.25, 0.3) is 5.78 Å². The van der Waals surface area contributed by atoms with Crippen molar-refractivity contribution in [2.45, 2.75) is 12.1 Å². The molecule has 2 aromatic rings. The molecule has 2 rings (SSSR count). The summed E-state index contributed by atoms with van der Waals surface area (Å²) >= 11 is 0. The fourth-order valence-electron chi connectivity index (χ4n) is 1.25. The van der Waals surface area contributed by atoms with Crippen LogP contribution in [0.1, 0.15) is 16.1 Å². The number of aromatic carboxylic acids is 1.